The Kier molecular flexibility index (Phi) is 5.01. The molecule has 2 aromatic rings. The van der Waals surface area contributed by atoms with E-state index in [2.05, 4.69) is 21.5 Å². The van der Waals surface area contributed by atoms with Crippen LogP contribution in [0.3, 0.4) is 0 Å². The van der Waals surface area contributed by atoms with Crippen molar-refractivity contribution in [1.29, 1.82) is 5.26 Å². The van der Waals surface area contributed by atoms with Crippen molar-refractivity contribution in [3.8, 4) is 17.9 Å². The van der Waals surface area contributed by atoms with Gasteiger partial charge in [0.25, 0.3) is 5.56 Å². The summed E-state index contributed by atoms with van der Waals surface area (Å²) in [4.78, 5) is 11.4. The summed E-state index contributed by atoms with van der Waals surface area (Å²) < 4.78 is 41.5. The fourth-order valence-corrected chi connectivity index (χ4v) is 2.49. The molecular formula is C16H12F3N3OS. The molecule has 0 aliphatic heterocycles. The Morgan fingerprint density at radius 2 is 2.00 bits per heavy atom. The summed E-state index contributed by atoms with van der Waals surface area (Å²) >= 11 is 0.845. The van der Waals surface area contributed by atoms with Crippen molar-refractivity contribution in [3.05, 3.63) is 45.2 Å². The van der Waals surface area contributed by atoms with Gasteiger partial charge in [0, 0.05) is 17.2 Å². The number of alkyl halides is 3. The highest BCUT2D eigenvalue weighted by molar-refractivity contribution is 7.10. The molecule has 0 spiro atoms. The van der Waals surface area contributed by atoms with Crippen molar-refractivity contribution in [2.24, 2.45) is 5.92 Å². The highest BCUT2D eigenvalue weighted by Crippen LogP contribution is 2.33. The predicted molar refractivity (Wildman–Crippen MR) is 86.1 cm³/mol. The van der Waals surface area contributed by atoms with Gasteiger partial charge in [-0.25, -0.2) is 0 Å². The second-order valence-electron chi connectivity index (χ2n) is 5.20. The van der Waals surface area contributed by atoms with Gasteiger partial charge in [0.1, 0.15) is 11.1 Å². The summed E-state index contributed by atoms with van der Waals surface area (Å²) in [6.07, 6.45) is -4.53. The van der Waals surface area contributed by atoms with Crippen LogP contribution < -0.4 is 10.9 Å². The Bertz CT molecular complexity index is 908. The fraction of sp³-hybridized carbons (Fsp3) is 0.250. The monoisotopic (exact) mass is 351 g/mol. The minimum absolute atomic E-state index is 0.0102. The number of nitrogens with zero attached hydrogens (tertiary/aromatic N) is 1. The summed E-state index contributed by atoms with van der Waals surface area (Å²) in [5.41, 5.74) is -1.32. The van der Waals surface area contributed by atoms with Crippen LogP contribution in [-0.4, -0.2) is 4.37 Å². The van der Waals surface area contributed by atoms with Crippen LogP contribution >= 0.6 is 11.5 Å². The first-order valence-corrected chi connectivity index (χ1v) is 7.64. The number of H-pyrrole nitrogens is 1. The highest BCUT2D eigenvalue weighted by atomic mass is 32.1. The lowest BCUT2D eigenvalue weighted by Gasteiger charge is -2.11. The van der Waals surface area contributed by atoms with Gasteiger partial charge in [-0.05, 0) is 29.7 Å². The zero-order chi connectivity index (χ0) is 17.9. The molecule has 0 unspecified atom stereocenters. The van der Waals surface area contributed by atoms with E-state index in [9.17, 15) is 18.0 Å². The number of hydrogen-bond acceptors (Lipinski definition) is 4. The number of hydrogen-bond donors (Lipinski definition) is 2. The van der Waals surface area contributed by atoms with Crippen LogP contribution in [0.25, 0.3) is 0 Å². The average Bonchev–Trinajstić information content (AvgIpc) is 2.84. The molecule has 0 radical (unpaired) electrons. The molecule has 2 N–H and O–H groups in total. The van der Waals surface area contributed by atoms with E-state index >= 15 is 0 Å². The zero-order valence-corrected chi connectivity index (χ0v) is 13.5. The van der Waals surface area contributed by atoms with Crippen molar-refractivity contribution in [3.63, 3.8) is 0 Å². The van der Waals surface area contributed by atoms with E-state index in [1.165, 1.54) is 6.07 Å². The quantitative estimate of drug-likeness (QED) is 0.801. The lowest BCUT2D eigenvalue weighted by Crippen LogP contribution is -2.07. The molecule has 0 atom stereocenters. The summed E-state index contributed by atoms with van der Waals surface area (Å²) in [5.74, 6) is 5.51. The van der Waals surface area contributed by atoms with E-state index in [-0.39, 0.29) is 27.7 Å². The minimum atomic E-state index is -4.53. The van der Waals surface area contributed by atoms with Crippen molar-refractivity contribution in [2.45, 2.75) is 20.0 Å². The molecule has 0 fully saturated rings. The predicted octanol–water partition coefficient (Wildman–Crippen LogP) is 4.08. The Labute approximate surface area is 140 Å². The Hall–Kier alpha value is -2.71. The summed E-state index contributed by atoms with van der Waals surface area (Å²) in [5, 5.41) is 11.8. The molecule has 0 saturated heterocycles. The first-order valence-electron chi connectivity index (χ1n) is 6.83. The number of anilines is 2. The first-order chi connectivity index (χ1) is 11.2. The van der Waals surface area contributed by atoms with Crippen molar-refractivity contribution in [2.75, 3.05) is 5.32 Å². The summed E-state index contributed by atoms with van der Waals surface area (Å²) in [6.45, 7) is 3.66. The molecule has 124 valence electrons. The average molecular weight is 351 g/mol. The van der Waals surface area contributed by atoms with E-state index < -0.39 is 17.3 Å². The largest absolute Gasteiger partial charge is 0.416 e. The molecule has 0 aliphatic rings. The third-order valence-corrected chi connectivity index (χ3v) is 3.63. The van der Waals surface area contributed by atoms with Gasteiger partial charge >= 0.3 is 6.18 Å². The molecule has 2 rings (SSSR count). The van der Waals surface area contributed by atoms with Crippen LogP contribution in [0.5, 0.6) is 0 Å². The molecular weight excluding hydrogens is 339 g/mol. The lowest BCUT2D eigenvalue weighted by atomic mass is 10.1. The van der Waals surface area contributed by atoms with Gasteiger partial charge in [-0.3, -0.25) is 9.17 Å². The molecule has 0 aliphatic carbocycles. The van der Waals surface area contributed by atoms with Crippen LogP contribution in [0.2, 0.25) is 0 Å². The second kappa shape index (κ2) is 6.81. The molecule has 0 amide bonds. The molecule has 1 aromatic carbocycles. The number of halogens is 3. The van der Waals surface area contributed by atoms with Gasteiger partial charge in [-0.2, -0.15) is 18.4 Å². The molecule has 1 aromatic heterocycles. The standard InChI is InChI=1S/C16H12F3N3OS/c1-9(2)3-4-10-5-11(16(17,18)19)7-12(6-10)21-15-13(8-20)14(23)22-24-15/h5-7,9,21H,1-2H3,(H,22,23). The summed E-state index contributed by atoms with van der Waals surface area (Å²) in [7, 11) is 0. The lowest BCUT2D eigenvalue weighted by molar-refractivity contribution is -0.137. The Morgan fingerprint density at radius 3 is 2.58 bits per heavy atom. The zero-order valence-electron chi connectivity index (χ0n) is 12.7. The van der Waals surface area contributed by atoms with Crippen LogP contribution in [0.15, 0.2) is 23.0 Å². The van der Waals surface area contributed by atoms with Gasteiger partial charge in [0.05, 0.1) is 5.56 Å². The third kappa shape index (κ3) is 4.18. The van der Waals surface area contributed by atoms with Gasteiger partial charge in [-0.1, -0.05) is 25.7 Å². The smallest absolute Gasteiger partial charge is 0.345 e. The second-order valence-corrected chi connectivity index (χ2v) is 6.01. The molecule has 0 saturated carbocycles. The third-order valence-electron chi connectivity index (χ3n) is 2.84. The van der Waals surface area contributed by atoms with Gasteiger partial charge in [-0.15, -0.1) is 0 Å². The molecule has 8 heteroatoms. The number of nitrogens with one attached hydrogen (secondary N) is 2. The maximum absolute atomic E-state index is 13.1. The van der Waals surface area contributed by atoms with Gasteiger partial charge in [0.2, 0.25) is 0 Å². The van der Waals surface area contributed by atoms with E-state index in [0.29, 0.717) is 0 Å². The fourth-order valence-electron chi connectivity index (χ4n) is 1.79. The van der Waals surface area contributed by atoms with Crippen molar-refractivity contribution in [1.82, 2.24) is 4.37 Å². The van der Waals surface area contributed by atoms with Crippen LogP contribution in [0.1, 0.15) is 30.5 Å². The van der Waals surface area contributed by atoms with Gasteiger partial charge < -0.3 is 5.32 Å². The number of aromatic nitrogens is 1. The number of aromatic amines is 1. The minimum Gasteiger partial charge on any atom is -0.345 e. The van der Waals surface area contributed by atoms with E-state index in [4.69, 9.17) is 5.26 Å². The summed E-state index contributed by atoms with van der Waals surface area (Å²) in [6, 6.07) is 5.03. The molecule has 1 heterocycles. The maximum Gasteiger partial charge on any atom is 0.416 e. The van der Waals surface area contributed by atoms with Crippen LogP contribution in [0, 0.1) is 29.1 Å². The number of benzene rings is 1. The van der Waals surface area contributed by atoms with E-state index in [1.807, 2.05) is 13.8 Å². The first kappa shape index (κ1) is 17.6. The maximum atomic E-state index is 13.1. The van der Waals surface area contributed by atoms with Crippen LogP contribution in [0.4, 0.5) is 23.9 Å². The normalized spacial score (nSPS) is 10.9. The number of nitriles is 1. The topological polar surface area (TPSA) is 68.7 Å². The van der Waals surface area contributed by atoms with Crippen molar-refractivity contribution < 1.29 is 13.2 Å². The van der Waals surface area contributed by atoms with Crippen LogP contribution in [-0.2, 0) is 6.18 Å². The van der Waals surface area contributed by atoms with E-state index in [0.717, 1.165) is 23.7 Å². The Balaban J connectivity index is 2.49. The SMILES string of the molecule is CC(C)C#Cc1cc(Nc2s[nH]c(=O)c2C#N)cc(C(F)(F)F)c1. The van der Waals surface area contributed by atoms with E-state index in [1.54, 1.807) is 6.07 Å². The van der Waals surface area contributed by atoms with Gasteiger partial charge in [0.15, 0.2) is 5.56 Å². The highest BCUT2D eigenvalue weighted by Gasteiger charge is 2.31. The molecule has 0 bridgehead atoms. The molecule has 24 heavy (non-hydrogen) atoms. The Morgan fingerprint density at radius 1 is 1.29 bits per heavy atom. The molecule has 4 nitrogen and oxygen atoms in total. The number of rotatable bonds is 2. The van der Waals surface area contributed by atoms with Crippen molar-refractivity contribution >= 4 is 22.2 Å².